The van der Waals surface area contributed by atoms with Crippen LogP contribution in [0.25, 0.3) is 0 Å². The van der Waals surface area contributed by atoms with Crippen molar-refractivity contribution >= 4 is 17.6 Å². The first-order valence-electron chi connectivity index (χ1n) is 5.35. The largest absolute Gasteiger partial charge is 0.480 e. The molecule has 0 amide bonds. The zero-order valence-corrected chi connectivity index (χ0v) is 10.2. The number of benzene rings is 1. The van der Waals surface area contributed by atoms with Crippen molar-refractivity contribution in [3.05, 3.63) is 60.2 Å². The number of hydrogen-bond acceptors (Lipinski definition) is 1. The minimum atomic E-state index is -1.10. The van der Waals surface area contributed by atoms with Gasteiger partial charge in [-0.1, -0.05) is 54.6 Å². The van der Waals surface area contributed by atoms with Crippen LogP contribution in [0.1, 0.15) is 12.5 Å². The molecule has 1 aliphatic carbocycles. The molecule has 0 spiro atoms. The minimum Gasteiger partial charge on any atom is -0.480 e. The first-order chi connectivity index (χ1) is 7.96. The lowest BCUT2D eigenvalue weighted by atomic mass is 9.76. The van der Waals surface area contributed by atoms with Gasteiger partial charge in [-0.2, -0.15) is 0 Å². The summed E-state index contributed by atoms with van der Waals surface area (Å²) in [5.74, 6) is -0.900. The van der Waals surface area contributed by atoms with E-state index in [0.29, 0.717) is 0 Å². The van der Waals surface area contributed by atoms with Crippen LogP contribution in [0.2, 0.25) is 0 Å². The van der Waals surface area contributed by atoms with Gasteiger partial charge >= 0.3 is 5.97 Å². The fourth-order valence-electron chi connectivity index (χ4n) is 1.87. The Hall–Kier alpha value is -1.54. The average molecular weight is 249 g/mol. The van der Waals surface area contributed by atoms with Gasteiger partial charge in [0, 0.05) is 0 Å². The molecule has 2 nitrogen and oxygen atoms in total. The summed E-state index contributed by atoms with van der Waals surface area (Å²) in [5, 5.41) is 9.47. The molecular formula is C14H13ClO2. The lowest BCUT2D eigenvalue weighted by Gasteiger charge is -2.29. The van der Waals surface area contributed by atoms with Crippen molar-refractivity contribution in [2.75, 3.05) is 0 Å². The molecule has 3 heteroatoms. The highest BCUT2D eigenvalue weighted by Gasteiger charge is 2.38. The molecule has 0 heterocycles. The summed E-state index contributed by atoms with van der Waals surface area (Å²) >= 11 is 6.12. The quantitative estimate of drug-likeness (QED) is 0.645. The molecule has 0 bridgehead atoms. The third-order valence-electron chi connectivity index (χ3n) is 2.95. The van der Waals surface area contributed by atoms with Crippen molar-refractivity contribution in [1.29, 1.82) is 0 Å². The molecule has 1 aliphatic rings. The molecule has 0 unspecified atom stereocenters. The Kier molecular flexibility index (Phi) is 2.84. The van der Waals surface area contributed by atoms with E-state index < -0.39 is 16.3 Å². The fraction of sp³-hybridized carbons (Fsp3) is 0.214. The third-order valence-corrected chi connectivity index (χ3v) is 3.20. The van der Waals surface area contributed by atoms with Crippen molar-refractivity contribution in [3.8, 4) is 0 Å². The number of carboxylic acids is 1. The van der Waals surface area contributed by atoms with Crippen molar-refractivity contribution < 1.29 is 9.90 Å². The van der Waals surface area contributed by atoms with Crippen molar-refractivity contribution in [2.24, 2.45) is 0 Å². The molecular weight excluding hydrogens is 236 g/mol. The molecule has 0 saturated carbocycles. The van der Waals surface area contributed by atoms with E-state index in [0.717, 1.165) is 5.56 Å². The highest BCUT2D eigenvalue weighted by Crippen LogP contribution is 2.35. The number of allylic oxidation sites excluding steroid dienone is 2. The van der Waals surface area contributed by atoms with E-state index >= 15 is 0 Å². The maximum absolute atomic E-state index is 11.5. The van der Waals surface area contributed by atoms with Gasteiger partial charge in [-0.3, -0.25) is 4.79 Å². The second kappa shape index (κ2) is 4.04. The van der Waals surface area contributed by atoms with Crippen LogP contribution >= 0.6 is 11.6 Å². The average Bonchev–Trinajstić information content (AvgIpc) is 2.30. The number of hydrogen-bond donors (Lipinski definition) is 1. The summed E-state index contributed by atoms with van der Waals surface area (Å²) in [5.41, 5.74) is -0.373. The van der Waals surface area contributed by atoms with Gasteiger partial charge in [0.05, 0.1) is 4.87 Å². The van der Waals surface area contributed by atoms with Crippen LogP contribution in [0.15, 0.2) is 54.6 Å². The SMILES string of the molecule is CC1(Cl)C=CC(C(=O)O)(c2ccccc2)C=C1. The van der Waals surface area contributed by atoms with Crippen LogP contribution < -0.4 is 0 Å². The van der Waals surface area contributed by atoms with Gasteiger partial charge in [-0.25, -0.2) is 0 Å². The van der Waals surface area contributed by atoms with Crippen LogP contribution in [0.4, 0.5) is 0 Å². The zero-order chi connectivity index (χ0) is 12.5. The van der Waals surface area contributed by atoms with Gasteiger partial charge in [0.1, 0.15) is 5.41 Å². The Morgan fingerprint density at radius 3 is 2.12 bits per heavy atom. The Morgan fingerprint density at radius 2 is 1.65 bits per heavy atom. The summed E-state index contributed by atoms with van der Waals surface area (Å²) in [6.07, 6.45) is 6.74. The van der Waals surface area contributed by atoms with Crippen molar-refractivity contribution in [1.82, 2.24) is 0 Å². The summed E-state index contributed by atoms with van der Waals surface area (Å²) in [6, 6.07) is 9.13. The van der Waals surface area contributed by atoms with E-state index in [4.69, 9.17) is 11.6 Å². The smallest absolute Gasteiger partial charge is 0.321 e. The molecule has 2 rings (SSSR count). The monoisotopic (exact) mass is 248 g/mol. The van der Waals surface area contributed by atoms with Gasteiger partial charge in [-0.05, 0) is 12.5 Å². The standard InChI is InChI=1S/C14H13ClO2/c1-13(15)7-9-14(10-8-13,12(16)17)11-5-3-2-4-6-11/h2-10H,1H3,(H,16,17). The first kappa shape index (κ1) is 11.9. The Morgan fingerprint density at radius 1 is 1.12 bits per heavy atom. The lowest BCUT2D eigenvalue weighted by molar-refractivity contribution is -0.140. The van der Waals surface area contributed by atoms with E-state index in [1.807, 2.05) is 25.1 Å². The molecule has 0 fully saturated rings. The van der Waals surface area contributed by atoms with Crippen LogP contribution in [0.5, 0.6) is 0 Å². The number of aliphatic carboxylic acids is 1. The Bertz CT molecular complexity index is 470. The molecule has 0 atom stereocenters. The molecule has 0 aromatic heterocycles. The molecule has 17 heavy (non-hydrogen) atoms. The normalized spacial score (nSPS) is 31.4. The first-order valence-corrected chi connectivity index (χ1v) is 5.73. The molecule has 1 N–H and O–H groups in total. The van der Waals surface area contributed by atoms with Crippen molar-refractivity contribution in [2.45, 2.75) is 17.2 Å². The van der Waals surface area contributed by atoms with Gasteiger partial charge in [-0.15, -0.1) is 11.6 Å². The van der Waals surface area contributed by atoms with Crippen LogP contribution in [0, 0.1) is 0 Å². The molecule has 88 valence electrons. The van der Waals surface area contributed by atoms with Gasteiger partial charge in [0.15, 0.2) is 0 Å². The number of carbonyl (C=O) groups is 1. The fourth-order valence-corrected chi connectivity index (χ4v) is 2.00. The molecule has 0 saturated heterocycles. The lowest BCUT2D eigenvalue weighted by Crippen LogP contribution is -2.35. The summed E-state index contributed by atoms with van der Waals surface area (Å²) in [6.45, 7) is 1.82. The summed E-state index contributed by atoms with van der Waals surface area (Å²) in [7, 11) is 0. The van der Waals surface area contributed by atoms with Crippen LogP contribution in [0.3, 0.4) is 0 Å². The number of rotatable bonds is 2. The molecule has 1 aromatic rings. The van der Waals surface area contributed by atoms with Gasteiger partial charge in [0.2, 0.25) is 0 Å². The predicted octanol–water partition coefficient (Wildman–Crippen LogP) is 3.13. The van der Waals surface area contributed by atoms with Crippen LogP contribution in [-0.2, 0) is 10.2 Å². The second-order valence-corrected chi connectivity index (χ2v) is 5.17. The zero-order valence-electron chi connectivity index (χ0n) is 9.43. The highest BCUT2D eigenvalue weighted by atomic mass is 35.5. The summed E-state index contributed by atoms with van der Waals surface area (Å²) < 4.78 is 0. The van der Waals surface area contributed by atoms with Gasteiger partial charge < -0.3 is 5.11 Å². The van der Waals surface area contributed by atoms with E-state index in [2.05, 4.69) is 0 Å². The van der Waals surface area contributed by atoms with Crippen molar-refractivity contribution in [3.63, 3.8) is 0 Å². The van der Waals surface area contributed by atoms with Crippen LogP contribution in [-0.4, -0.2) is 16.0 Å². The van der Waals surface area contributed by atoms with E-state index in [1.54, 1.807) is 36.4 Å². The third kappa shape index (κ3) is 2.13. The number of alkyl halides is 1. The molecule has 0 aliphatic heterocycles. The van der Waals surface area contributed by atoms with E-state index in [-0.39, 0.29) is 0 Å². The molecule has 1 aromatic carbocycles. The molecule has 0 radical (unpaired) electrons. The number of halogens is 1. The Balaban J connectivity index is 2.52. The van der Waals surface area contributed by atoms with Gasteiger partial charge in [0.25, 0.3) is 0 Å². The topological polar surface area (TPSA) is 37.3 Å². The maximum Gasteiger partial charge on any atom is 0.321 e. The predicted molar refractivity (Wildman–Crippen MR) is 68.3 cm³/mol. The van der Waals surface area contributed by atoms with E-state index in [1.165, 1.54) is 0 Å². The summed E-state index contributed by atoms with van der Waals surface area (Å²) in [4.78, 5) is 10.9. The Labute approximate surface area is 105 Å². The second-order valence-electron chi connectivity index (χ2n) is 4.36. The number of carboxylic acid groups (broad SMARTS) is 1. The maximum atomic E-state index is 11.5. The minimum absolute atomic E-state index is 0.603. The van der Waals surface area contributed by atoms with E-state index in [9.17, 15) is 9.90 Å². The highest BCUT2D eigenvalue weighted by molar-refractivity contribution is 6.26.